The second-order valence-electron chi connectivity index (χ2n) is 6.66. The summed E-state index contributed by atoms with van der Waals surface area (Å²) >= 11 is 6.34. The fourth-order valence-electron chi connectivity index (χ4n) is 3.89. The van der Waals surface area contributed by atoms with Gasteiger partial charge >= 0.3 is 0 Å². The molecular formula is C17H24ClN3O2. The molecule has 0 saturated carbocycles. The number of hydrogen-bond donors (Lipinski definition) is 0. The van der Waals surface area contributed by atoms with Gasteiger partial charge < -0.3 is 9.80 Å². The van der Waals surface area contributed by atoms with E-state index in [1.807, 2.05) is 6.07 Å². The molecule has 2 aliphatic rings. The van der Waals surface area contributed by atoms with E-state index < -0.39 is 0 Å². The number of nitro groups is 1. The van der Waals surface area contributed by atoms with Crippen molar-refractivity contribution in [3.8, 4) is 0 Å². The Morgan fingerprint density at radius 2 is 1.87 bits per heavy atom. The maximum Gasteiger partial charge on any atom is 0.273 e. The number of halogens is 1. The Bertz CT molecular complexity index is 587. The summed E-state index contributed by atoms with van der Waals surface area (Å²) in [5.41, 5.74) is 1.72. The highest BCUT2D eigenvalue weighted by Gasteiger charge is 2.26. The molecule has 6 heteroatoms. The monoisotopic (exact) mass is 337 g/mol. The van der Waals surface area contributed by atoms with Gasteiger partial charge in [0, 0.05) is 30.8 Å². The highest BCUT2D eigenvalue weighted by Crippen LogP contribution is 2.34. The van der Waals surface area contributed by atoms with E-state index in [4.69, 9.17) is 11.6 Å². The number of nitro benzene ring substituents is 1. The Kier molecular flexibility index (Phi) is 5.07. The van der Waals surface area contributed by atoms with E-state index in [-0.39, 0.29) is 10.6 Å². The summed E-state index contributed by atoms with van der Waals surface area (Å²) in [6, 6.07) is 4.05. The minimum atomic E-state index is -0.364. The van der Waals surface area contributed by atoms with E-state index in [0.29, 0.717) is 16.6 Å². The predicted octanol–water partition coefficient (Wildman–Crippen LogP) is 4.01. The Hall–Kier alpha value is -1.33. The minimum absolute atomic E-state index is 0.100. The van der Waals surface area contributed by atoms with Crippen molar-refractivity contribution in [1.29, 1.82) is 0 Å². The van der Waals surface area contributed by atoms with Crippen LogP contribution in [0.3, 0.4) is 0 Å². The van der Waals surface area contributed by atoms with Crippen LogP contribution in [0.2, 0.25) is 5.02 Å². The molecule has 23 heavy (non-hydrogen) atoms. The van der Waals surface area contributed by atoms with E-state index in [9.17, 15) is 10.1 Å². The fraction of sp³-hybridized carbons (Fsp3) is 0.647. The first-order chi connectivity index (χ1) is 11.1. The van der Waals surface area contributed by atoms with Crippen molar-refractivity contribution in [3.05, 3.63) is 32.8 Å². The summed E-state index contributed by atoms with van der Waals surface area (Å²) < 4.78 is 0. The minimum Gasteiger partial charge on any atom is -0.370 e. The molecule has 2 saturated heterocycles. The van der Waals surface area contributed by atoms with Crippen molar-refractivity contribution in [2.24, 2.45) is 0 Å². The molecule has 1 aromatic rings. The van der Waals surface area contributed by atoms with Crippen LogP contribution in [-0.2, 0) is 0 Å². The highest BCUT2D eigenvalue weighted by molar-refractivity contribution is 6.33. The molecular weight excluding hydrogens is 314 g/mol. The van der Waals surface area contributed by atoms with Gasteiger partial charge in [0.15, 0.2) is 0 Å². The van der Waals surface area contributed by atoms with Crippen molar-refractivity contribution < 1.29 is 4.92 Å². The van der Waals surface area contributed by atoms with Gasteiger partial charge in [-0.25, -0.2) is 0 Å². The van der Waals surface area contributed by atoms with Gasteiger partial charge in [0.05, 0.1) is 15.6 Å². The highest BCUT2D eigenvalue weighted by atomic mass is 35.5. The third-order valence-corrected chi connectivity index (χ3v) is 5.46. The molecule has 0 bridgehead atoms. The topological polar surface area (TPSA) is 49.6 Å². The van der Waals surface area contributed by atoms with Crippen LogP contribution in [0.15, 0.2) is 12.1 Å². The molecule has 0 amide bonds. The zero-order valence-corrected chi connectivity index (χ0v) is 14.4. The van der Waals surface area contributed by atoms with Gasteiger partial charge in [-0.1, -0.05) is 11.6 Å². The summed E-state index contributed by atoms with van der Waals surface area (Å²) in [7, 11) is 0. The number of benzene rings is 1. The van der Waals surface area contributed by atoms with Crippen LogP contribution >= 0.6 is 11.6 Å². The van der Waals surface area contributed by atoms with Crippen LogP contribution in [0, 0.1) is 17.0 Å². The first-order valence-corrected chi connectivity index (χ1v) is 8.87. The first-order valence-electron chi connectivity index (χ1n) is 8.50. The van der Waals surface area contributed by atoms with E-state index in [2.05, 4.69) is 9.80 Å². The molecule has 2 fully saturated rings. The molecule has 0 aromatic heterocycles. The van der Waals surface area contributed by atoms with Crippen molar-refractivity contribution in [1.82, 2.24) is 4.90 Å². The van der Waals surface area contributed by atoms with Crippen LogP contribution in [-0.4, -0.2) is 42.0 Å². The fourth-order valence-corrected chi connectivity index (χ4v) is 4.16. The van der Waals surface area contributed by atoms with Gasteiger partial charge in [-0.15, -0.1) is 0 Å². The molecule has 0 aliphatic carbocycles. The van der Waals surface area contributed by atoms with E-state index in [0.717, 1.165) is 31.6 Å². The normalized spacial score (nSPS) is 23.0. The van der Waals surface area contributed by atoms with Gasteiger partial charge in [-0.3, -0.25) is 10.1 Å². The lowest BCUT2D eigenvalue weighted by Gasteiger charge is -2.27. The summed E-state index contributed by atoms with van der Waals surface area (Å²) in [5.74, 6) is 0. The summed E-state index contributed by atoms with van der Waals surface area (Å²) in [6.07, 6.45) is 6.18. The third-order valence-electron chi connectivity index (χ3n) is 5.16. The quantitative estimate of drug-likeness (QED) is 0.617. The predicted molar refractivity (Wildman–Crippen MR) is 93.5 cm³/mol. The van der Waals surface area contributed by atoms with Gasteiger partial charge in [0.1, 0.15) is 0 Å². The smallest absolute Gasteiger partial charge is 0.273 e. The van der Waals surface area contributed by atoms with Crippen molar-refractivity contribution >= 4 is 23.0 Å². The lowest BCUT2D eigenvalue weighted by Crippen LogP contribution is -2.33. The number of nitrogens with zero attached hydrogens (tertiary/aromatic N) is 3. The molecule has 2 aliphatic heterocycles. The standard InChI is InChI=1S/C17H24ClN3O2/c1-13-11-17(15(18)12-16(13)21(22)23)20-9-4-5-14(6-10-20)19-7-2-3-8-19/h11-12,14H,2-10H2,1H3. The van der Waals surface area contributed by atoms with Crippen molar-refractivity contribution in [2.75, 3.05) is 31.1 Å². The molecule has 1 aromatic carbocycles. The Balaban J connectivity index is 1.74. The van der Waals surface area contributed by atoms with Crippen LogP contribution in [0.25, 0.3) is 0 Å². The van der Waals surface area contributed by atoms with Crippen LogP contribution in [0.5, 0.6) is 0 Å². The number of likely N-dealkylation sites (tertiary alicyclic amines) is 1. The Labute approximate surface area is 142 Å². The largest absolute Gasteiger partial charge is 0.370 e. The lowest BCUT2D eigenvalue weighted by atomic mass is 10.1. The first kappa shape index (κ1) is 16.5. The molecule has 0 radical (unpaired) electrons. The number of aryl methyl sites for hydroxylation is 1. The average Bonchev–Trinajstić information content (AvgIpc) is 2.94. The summed E-state index contributed by atoms with van der Waals surface area (Å²) in [5, 5.41) is 11.5. The Morgan fingerprint density at radius 1 is 1.13 bits per heavy atom. The molecule has 5 nitrogen and oxygen atoms in total. The van der Waals surface area contributed by atoms with Crippen LogP contribution in [0.4, 0.5) is 11.4 Å². The third kappa shape index (κ3) is 3.61. The molecule has 1 atom stereocenters. The van der Waals surface area contributed by atoms with Crippen LogP contribution in [0.1, 0.15) is 37.7 Å². The van der Waals surface area contributed by atoms with Gasteiger partial charge in [0.2, 0.25) is 0 Å². The molecule has 126 valence electrons. The summed E-state index contributed by atoms with van der Waals surface area (Å²) in [4.78, 5) is 15.6. The average molecular weight is 338 g/mol. The molecule has 0 spiro atoms. The van der Waals surface area contributed by atoms with E-state index in [1.165, 1.54) is 38.4 Å². The molecule has 0 N–H and O–H groups in total. The maximum atomic E-state index is 11.0. The number of hydrogen-bond acceptors (Lipinski definition) is 4. The Morgan fingerprint density at radius 3 is 2.57 bits per heavy atom. The summed E-state index contributed by atoms with van der Waals surface area (Å²) in [6.45, 7) is 6.20. The number of rotatable bonds is 3. The van der Waals surface area contributed by atoms with Gasteiger partial charge in [-0.05, 0) is 58.2 Å². The zero-order valence-electron chi connectivity index (χ0n) is 13.6. The molecule has 1 unspecified atom stereocenters. The van der Waals surface area contributed by atoms with Crippen molar-refractivity contribution in [3.63, 3.8) is 0 Å². The van der Waals surface area contributed by atoms with Crippen LogP contribution < -0.4 is 4.90 Å². The van der Waals surface area contributed by atoms with Gasteiger partial charge in [0.25, 0.3) is 5.69 Å². The van der Waals surface area contributed by atoms with E-state index >= 15 is 0 Å². The lowest BCUT2D eigenvalue weighted by molar-refractivity contribution is -0.385. The van der Waals surface area contributed by atoms with Gasteiger partial charge in [-0.2, -0.15) is 0 Å². The molecule has 3 rings (SSSR count). The van der Waals surface area contributed by atoms with E-state index in [1.54, 1.807) is 6.92 Å². The SMILES string of the molecule is Cc1cc(N2CCCC(N3CCCC3)CC2)c(Cl)cc1[N+](=O)[O-]. The zero-order chi connectivity index (χ0) is 16.4. The number of anilines is 1. The maximum absolute atomic E-state index is 11.0. The second-order valence-corrected chi connectivity index (χ2v) is 7.07. The second kappa shape index (κ2) is 7.05. The molecule has 2 heterocycles. The van der Waals surface area contributed by atoms with Crippen molar-refractivity contribution in [2.45, 2.75) is 45.1 Å².